The van der Waals surface area contributed by atoms with Gasteiger partial charge in [-0.3, -0.25) is 9.59 Å². The SMILES string of the molecule is CCCCCCNC(=O)c1ccc2c(c1)NC(=O)[C@@H](CSCc1cccc(Cl)c1)N2. The molecule has 2 amide bonds. The first kappa shape index (κ1) is 22.5. The monoisotopic (exact) mass is 445 g/mol. The molecule has 2 aromatic carbocycles. The first-order valence-corrected chi connectivity index (χ1v) is 11.9. The molecule has 1 atom stereocenters. The molecular weight excluding hydrogens is 418 g/mol. The molecule has 0 saturated heterocycles. The minimum atomic E-state index is -0.320. The summed E-state index contributed by atoms with van der Waals surface area (Å²) in [5, 5.41) is 9.88. The highest BCUT2D eigenvalue weighted by Crippen LogP contribution is 2.29. The third-order valence-corrected chi connectivity index (χ3v) is 6.29. The van der Waals surface area contributed by atoms with Crippen molar-refractivity contribution in [3.63, 3.8) is 0 Å². The van der Waals surface area contributed by atoms with Crippen molar-refractivity contribution in [2.24, 2.45) is 0 Å². The average Bonchev–Trinajstić information content (AvgIpc) is 2.73. The maximum atomic E-state index is 12.5. The second-order valence-corrected chi connectivity index (χ2v) is 8.87. The Labute approximate surface area is 187 Å². The van der Waals surface area contributed by atoms with Gasteiger partial charge in [0.2, 0.25) is 5.91 Å². The van der Waals surface area contributed by atoms with Crippen molar-refractivity contribution in [1.82, 2.24) is 5.32 Å². The third-order valence-electron chi connectivity index (χ3n) is 4.94. The first-order valence-electron chi connectivity index (χ1n) is 10.4. The van der Waals surface area contributed by atoms with Crippen LogP contribution < -0.4 is 16.0 Å². The summed E-state index contributed by atoms with van der Waals surface area (Å²) in [6.07, 6.45) is 4.46. The maximum Gasteiger partial charge on any atom is 0.251 e. The van der Waals surface area contributed by atoms with E-state index in [4.69, 9.17) is 11.6 Å². The third kappa shape index (κ3) is 6.41. The van der Waals surface area contributed by atoms with Crippen LogP contribution in [0.5, 0.6) is 0 Å². The number of anilines is 2. The van der Waals surface area contributed by atoms with Gasteiger partial charge >= 0.3 is 0 Å². The van der Waals surface area contributed by atoms with Gasteiger partial charge in [-0.05, 0) is 42.3 Å². The highest BCUT2D eigenvalue weighted by atomic mass is 35.5. The van der Waals surface area contributed by atoms with Crippen LogP contribution in [0.15, 0.2) is 42.5 Å². The van der Waals surface area contributed by atoms with Gasteiger partial charge in [-0.15, -0.1) is 0 Å². The van der Waals surface area contributed by atoms with E-state index >= 15 is 0 Å². The lowest BCUT2D eigenvalue weighted by molar-refractivity contribution is -0.116. The maximum absolute atomic E-state index is 12.5. The zero-order valence-corrected chi connectivity index (χ0v) is 18.7. The topological polar surface area (TPSA) is 70.2 Å². The fraction of sp³-hybridized carbons (Fsp3) is 0.391. The Morgan fingerprint density at radius 2 is 2.00 bits per heavy atom. The molecule has 0 aromatic heterocycles. The summed E-state index contributed by atoms with van der Waals surface area (Å²) < 4.78 is 0. The average molecular weight is 446 g/mol. The highest BCUT2D eigenvalue weighted by Gasteiger charge is 2.26. The van der Waals surface area contributed by atoms with Crippen molar-refractivity contribution < 1.29 is 9.59 Å². The van der Waals surface area contributed by atoms with Gasteiger partial charge in [0.05, 0.1) is 11.4 Å². The Hall–Kier alpha value is -2.18. The molecule has 0 aliphatic carbocycles. The first-order chi connectivity index (χ1) is 14.6. The Morgan fingerprint density at radius 3 is 2.80 bits per heavy atom. The molecule has 7 heteroatoms. The molecular formula is C23H28ClN3O2S. The summed E-state index contributed by atoms with van der Waals surface area (Å²) in [5.74, 6) is 1.23. The Bertz CT molecular complexity index is 891. The van der Waals surface area contributed by atoms with Crippen LogP contribution in [-0.4, -0.2) is 30.2 Å². The lowest BCUT2D eigenvalue weighted by Crippen LogP contribution is -2.40. The number of thioether (sulfide) groups is 1. The van der Waals surface area contributed by atoms with Gasteiger partial charge in [0, 0.05) is 28.6 Å². The van der Waals surface area contributed by atoms with Crippen LogP contribution in [0.2, 0.25) is 5.02 Å². The van der Waals surface area contributed by atoms with E-state index in [2.05, 4.69) is 22.9 Å². The molecule has 0 bridgehead atoms. The number of fused-ring (bicyclic) bond motifs is 1. The predicted molar refractivity (Wildman–Crippen MR) is 127 cm³/mol. The number of hydrogen-bond acceptors (Lipinski definition) is 4. The molecule has 1 aliphatic heterocycles. The second kappa shape index (κ2) is 11.3. The molecule has 2 aromatic rings. The minimum Gasteiger partial charge on any atom is -0.371 e. The van der Waals surface area contributed by atoms with E-state index in [0.717, 1.165) is 34.9 Å². The van der Waals surface area contributed by atoms with Crippen LogP contribution in [-0.2, 0) is 10.5 Å². The van der Waals surface area contributed by atoms with E-state index in [1.54, 1.807) is 23.9 Å². The van der Waals surface area contributed by atoms with Gasteiger partial charge < -0.3 is 16.0 Å². The fourth-order valence-electron chi connectivity index (χ4n) is 3.28. The van der Waals surface area contributed by atoms with Gasteiger partial charge in [0.15, 0.2) is 0 Å². The normalized spacial score (nSPS) is 15.1. The number of rotatable bonds is 10. The smallest absolute Gasteiger partial charge is 0.251 e. The molecule has 0 saturated carbocycles. The van der Waals surface area contributed by atoms with Gasteiger partial charge in [0.1, 0.15) is 6.04 Å². The van der Waals surface area contributed by atoms with Gasteiger partial charge in [-0.1, -0.05) is 49.9 Å². The van der Waals surface area contributed by atoms with Crippen LogP contribution >= 0.6 is 23.4 Å². The molecule has 3 N–H and O–H groups in total. The Balaban J connectivity index is 1.51. The van der Waals surface area contributed by atoms with Crippen LogP contribution in [0.3, 0.4) is 0 Å². The number of carbonyl (C=O) groups excluding carboxylic acids is 2. The number of benzene rings is 2. The van der Waals surface area contributed by atoms with E-state index in [1.165, 1.54) is 12.8 Å². The van der Waals surface area contributed by atoms with Gasteiger partial charge in [-0.2, -0.15) is 11.8 Å². The van der Waals surface area contributed by atoms with Crippen LogP contribution in [0.1, 0.15) is 48.5 Å². The predicted octanol–water partition coefficient (Wildman–Crippen LogP) is 5.32. The second-order valence-electron chi connectivity index (χ2n) is 7.41. The molecule has 0 radical (unpaired) electrons. The van der Waals surface area contributed by atoms with Crippen LogP contribution in [0.4, 0.5) is 11.4 Å². The van der Waals surface area contributed by atoms with E-state index in [-0.39, 0.29) is 17.9 Å². The van der Waals surface area contributed by atoms with Crippen LogP contribution in [0.25, 0.3) is 0 Å². The number of unbranched alkanes of at least 4 members (excludes halogenated alkanes) is 3. The molecule has 0 fully saturated rings. The fourth-order valence-corrected chi connectivity index (χ4v) is 4.50. The number of amides is 2. The quantitative estimate of drug-likeness (QED) is 0.433. The number of halogens is 1. The van der Waals surface area contributed by atoms with Gasteiger partial charge in [-0.25, -0.2) is 0 Å². The molecule has 1 aliphatic rings. The van der Waals surface area contributed by atoms with Crippen molar-refractivity contribution in [2.75, 3.05) is 22.9 Å². The summed E-state index contributed by atoms with van der Waals surface area (Å²) in [6, 6.07) is 12.8. The van der Waals surface area contributed by atoms with Crippen molar-refractivity contribution in [3.8, 4) is 0 Å². The summed E-state index contributed by atoms with van der Waals surface area (Å²) >= 11 is 7.70. The molecule has 0 unspecified atom stereocenters. The molecule has 3 rings (SSSR count). The zero-order chi connectivity index (χ0) is 21.3. The minimum absolute atomic E-state index is 0.0850. The van der Waals surface area contributed by atoms with Crippen LogP contribution in [0, 0.1) is 0 Å². The van der Waals surface area contributed by atoms with E-state index in [9.17, 15) is 9.59 Å². The van der Waals surface area contributed by atoms with Crippen molar-refractivity contribution in [1.29, 1.82) is 0 Å². The Morgan fingerprint density at radius 1 is 1.13 bits per heavy atom. The van der Waals surface area contributed by atoms with Crippen molar-refractivity contribution in [3.05, 3.63) is 58.6 Å². The van der Waals surface area contributed by atoms with E-state index < -0.39 is 0 Å². The van der Waals surface area contributed by atoms with Gasteiger partial charge in [0.25, 0.3) is 5.91 Å². The molecule has 5 nitrogen and oxygen atoms in total. The summed E-state index contributed by atoms with van der Waals surface area (Å²) in [4.78, 5) is 24.9. The molecule has 0 spiro atoms. The lowest BCUT2D eigenvalue weighted by Gasteiger charge is -2.27. The number of hydrogen-bond donors (Lipinski definition) is 3. The van der Waals surface area contributed by atoms with E-state index in [0.29, 0.717) is 23.5 Å². The lowest BCUT2D eigenvalue weighted by atomic mass is 10.1. The summed E-state index contributed by atoms with van der Waals surface area (Å²) in [6.45, 7) is 2.84. The molecule has 1 heterocycles. The molecule has 160 valence electrons. The highest BCUT2D eigenvalue weighted by molar-refractivity contribution is 7.98. The summed E-state index contributed by atoms with van der Waals surface area (Å²) in [7, 11) is 0. The standard InChI is InChI=1S/C23H28ClN3O2S/c1-2-3-4-5-11-25-22(28)17-9-10-19-20(13-17)27-23(29)21(26-19)15-30-14-16-7-6-8-18(24)12-16/h6-10,12-13,21,26H,2-5,11,14-15H2,1H3,(H,25,28)(H,27,29)/t21-/m1/s1. The molecule has 30 heavy (non-hydrogen) atoms. The Kier molecular flexibility index (Phi) is 8.46. The van der Waals surface area contributed by atoms with Crippen molar-refractivity contribution in [2.45, 2.75) is 44.4 Å². The zero-order valence-electron chi connectivity index (χ0n) is 17.2. The van der Waals surface area contributed by atoms with Crippen molar-refractivity contribution >= 4 is 46.6 Å². The van der Waals surface area contributed by atoms with E-state index in [1.807, 2.05) is 30.3 Å². The largest absolute Gasteiger partial charge is 0.371 e. The summed E-state index contributed by atoms with van der Waals surface area (Å²) in [5.41, 5.74) is 3.17. The number of nitrogens with one attached hydrogen (secondary N) is 3. The number of carbonyl (C=O) groups is 2.